The third-order valence-electron chi connectivity index (χ3n) is 3.36. The fraction of sp³-hybridized carbons (Fsp3) is 0.143. The summed E-state index contributed by atoms with van der Waals surface area (Å²) in [4.78, 5) is 10.3. The Hall–Kier alpha value is -2.81. The summed E-state index contributed by atoms with van der Waals surface area (Å²) >= 11 is 0. The highest BCUT2D eigenvalue weighted by Gasteiger charge is 2.35. The lowest BCUT2D eigenvalue weighted by atomic mass is 9.94. The van der Waals surface area contributed by atoms with Gasteiger partial charge >= 0.3 is 6.18 Å². The van der Waals surface area contributed by atoms with E-state index in [9.17, 15) is 13.2 Å². The van der Waals surface area contributed by atoms with Gasteiger partial charge in [0.05, 0.1) is 0 Å². The normalized spacial score (nSPS) is 21.0. The number of nitrogens with zero attached hydrogens (tertiary/aromatic N) is 2. The van der Waals surface area contributed by atoms with Crippen molar-refractivity contribution < 1.29 is 13.2 Å². The van der Waals surface area contributed by atoms with Crippen molar-refractivity contribution in [3.05, 3.63) is 54.0 Å². The minimum atomic E-state index is -4.53. The number of rotatable bonds is 2. The van der Waals surface area contributed by atoms with Gasteiger partial charge in [-0.05, 0) is 6.08 Å². The van der Waals surface area contributed by atoms with Crippen LogP contribution in [0.4, 0.5) is 13.2 Å². The first-order valence-electron chi connectivity index (χ1n) is 6.60. The Bertz CT molecular complexity index is 792. The summed E-state index contributed by atoms with van der Waals surface area (Å²) in [6, 6.07) is 6.67. The number of alkyl halides is 3. The topological polar surface area (TPSA) is 105 Å². The minimum absolute atomic E-state index is 0.0541. The van der Waals surface area contributed by atoms with Crippen molar-refractivity contribution in [1.29, 1.82) is 0 Å². The smallest absolute Gasteiger partial charge is 0.370 e. The molecule has 3 rings (SSSR count). The number of hydrogen-bond donors (Lipinski definition) is 4. The molecule has 1 aliphatic rings. The van der Waals surface area contributed by atoms with E-state index in [4.69, 9.17) is 11.5 Å². The number of hydrogen-bond acceptors (Lipinski definition) is 5. The molecule has 0 spiro atoms. The van der Waals surface area contributed by atoms with E-state index in [1.165, 1.54) is 6.20 Å². The maximum atomic E-state index is 12.7. The highest BCUT2D eigenvalue weighted by Crippen LogP contribution is 2.34. The van der Waals surface area contributed by atoms with Gasteiger partial charge in [-0.25, -0.2) is 9.98 Å². The van der Waals surface area contributed by atoms with Gasteiger partial charge in [0.15, 0.2) is 17.3 Å². The Morgan fingerprint density at radius 2 is 1.91 bits per heavy atom. The molecule has 9 heteroatoms. The molecule has 1 aromatic carbocycles. The molecule has 1 atom stereocenters. The van der Waals surface area contributed by atoms with Crippen molar-refractivity contribution in [3.8, 4) is 11.4 Å². The number of nitrogens with one attached hydrogen (secondary N) is 2. The molecule has 0 radical (unpaired) electrons. The van der Waals surface area contributed by atoms with Crippen LogP contribution in [0, 0.1) is 0 Å². The number of guanidine groups is 1. The maximum absolute atomic E-state index is 12.7. The summed E-state index contributed by atoms with van der Waals surface area (Å²) < 4.78 is 38.2. The SMILES string of the molecule is NC1=NC(N)(c2ccccc2-c2nc(C(F)(F)F)c[nH]2)C=CN1. The van der Waals surface area contributed by atoms with Gasteiger partial charge in [-0.1, -0.05) is 24.3 Å². The first-order chi connectivity index (χ1) is 10.8. The van der Waals surface area contributed by atoms with Crippen molar-refractivity contribution in [2.45, 2.75) is 11.8 Å². The molecule has 0 amide bonds. The van der Waals surface area contributed by atoms with E-state index in [0.29, 0.717) is 11.1 Å². The van der Waals surface area contributed by atoms with E-state index in [-0.39, 0.29) is 11.8 Å². The molecule has 0 bridgehead atoms. The van der Waals surface area contributed by atoms with Crippen molar-refractivity contribution in [3.63, 3.8) is 0 Å². The van der Waals surface area contributed by atoms with Crippen LogP contribution in [-0.2, 0) is 11.8 Å². The first-order valence-corrected chi connectivity index (χ1v) is 6.60. The summed E-state index contributed by atoms with van der Waals surface area (Å²) in [5.74, 6) is 0.165. The van der Waals surface area contributed by atoms with Crippen LogP contribution in [0.15, 0.2) is 47.7 Å². The fourth-order valence-electron chi connectivity index (χ4n) is 2.32. The van der Waals surface area contributed by atoms with Gasteiger partial charge < -0.3 is 16.0 Å². The van der Waals surface area contributed by atoms with Gasteiger partial charge in [0.2, 0.25) is 0 Å². The number of imidazole rings is 1. The van der Waals surface area contributed by atoms with Crippen molar-refractivity contribution in [2.24, 2.45) is 16.5 Å². The Kier molecular flexibility index (Phi) is 3.37. The van der Waals surface area contributed by atoms with Gasteiger partial charge in [0, 0.05) is 23.5 Å². The van der Waals surface area contributed by atoms with Crippen LogP contribution in [0.2, 0.25) is 0 Å². The van der Waals surface area contributed by atoms with E-state index >= 15 is 0 Å². The number of aromatic nitrogens is 2. The fourth-order valence-corrected chi connectivity index (χ4v) is 2.32. The van der Waals surface area contributed by atoms with Crippen LogP contribution in [0.1, 0.15) is 11.3 Å². The second-order valence-corrected chi connectivity index (χ2v) is 4.98. The lowest BCUT2D eigenvalue weighted by Gasteiger charge is -2.27. The van der Waals surface area contributed by atoms with E-state index in [1.807, 2.05) is 0 Å². The lowest BCUT2D eigenvalue weighted by molar-refractivity contribution is -0.140. The van der Waals surface area contributed by atoms with Crippen LogP contribution >= 0.6 is 0 Å². The van der Waals surface area contributed by atoms with E-state index < -0.39 is 17.5 Å². The van der Waals surface area contributed by atoms with Crippen molar-refractivity contribution in [2.75, 3.05) is 0 Å². The van der Waals surface area contributed by atoms with E-state index in [0.717, 1.165) is 6.20 Å². The van der Waals surface area contributed by atoms with Crippen LogP contribution in [0.3, 0.4) is 0 Å². The van der Waals surface area contributed by atoms with Crippen molar-refractivity contribution in [1.82, 2.24) is 15.3 Å². The molecule has 23 heavy (non-hydrogen) atoms. The highest BCUT2D eigenvalue weighted by atomic mass is 19.4. The number of H-pyrrole nitrogens is 1. The third kappa shape index (κ3) is 2.78. The summed E-state index contributed by atoms with van der Waals surface area (Å²) in [6.07, 6.45) is -0.620. The molecule has 120 valence electrons. The summed E-state index contributed by atoms with van der Waals surface area (Å²) in [5, 5.41) is 2.69. The molecular weight excluding hydrogens is 309 g/mol. The zero-order valence-corrected chi connectivity index (χ0v) is 11.7. The largest absolute Gasteiger partial charge is 0.434 e. The molecule has 1 unspecified atom stereocenters. The highest BCUT2D eigenvalue weighted by molar-refractivity contribution is 5.81. The molecule has 1 aliphatic heterocycles. The second-order valence-electron chi connectivity index (χ2n) is 4.98. The standard InChI is InChI=1S/C14H13F3N6/c15-14(16,17)10-7-21-11(22-10)8-3-1-2-4-9(8)13(19)5-6-20-12(18)23-13/h1-7H,19H2,(H,21,22)(H3,18,20,23). The number of aromatic amines is 1. The Balaban J connectivity index is 2.11. The zero-order chi connectivity index (χ0) is 16.7. The predicted octanol–water partition coefficient (Wildman–Crippen LogP) is 1.64. The predicted molar refractivity (Wildman–Crippen MR) is 78.8 cm³/mol. The molecule has 0 aliphatic carbocycles. The maximum Gasteiger partial charge on any atom is 0.434 e. The van der Waals surface area contributed by atoms with Gasteiger partial charge in [-0.2, -0.15) is 13.2 Å². The molecule has 0 saturated heterocycles. The van der Waals surface area contributed by atoms with Crippen LogP contribution in [-0.4, -0.2) is 15.9 Å². The summed E-state index contributed by atoms with van der Waals surface area (Å²) in [7, 11) is 0. The van der Waals surface area contributed by atoms with Gasteiger partial charge in [0.1, 0.15) is 5.82 Å². The minimum Gasteiger partial charge on any atom is -0.370 e. The molecular formula is C14H13F3N6. The number of aliphatic imine (C=N–C) groups is 1. The molecule has 2 heterocycles. The van der Waals surface area contributed by atoms with Gasteiger partial charge in [-0.3, -0.25) is 5.73 Å². The van der Waals surface area contributed by atoms with Gasteiger partial charge in [0.25, 0.3) is 0 Å². The molecule has 0 saturated carbocycles. The number of benzene rings is 1. The Morgan fingerprint density at radius 3 is 2.57 bits per heavy atom. The average molecular weight is 322 g/mol. The third-order valence-corrected chi connectivity index (χ3v) is 3.36. The van der Waals surface area contributed by atoms with E-state index in [1.54, 1.807) is 30.3 Å². The molecule has 6 nitrogen and oxygen atoms in total. The quantitative estimate of drug-likeness (QED) is 0.674. The molecule has 6 N–H and O–H groups in total. The molecule has 2 aromatic rings. The number of halogens is 3. The first kappa shape index (κ1) is 15.1. The number of nitrogens with two attached hydrogens (primary N) is 2. The van der Waals surface area contributed by atoms with E-state index in [2.05, 4.69) is 20.3 Å². The zero-order valence-electron chi connectivity index (χ0n) is 11.7. The monoisotopic (exact) mass is 322 g/mol. The molecule has 1 aromatic heterocycles. The van der Waals surface area contributed by atoms with Gasteiger partial charge in [-0.15, -0.1) is 0 Å². The second kappa shape index (κ2) is 5.13. The summed E-state index contributed by atoms with van der Waals surface area (Å²) in [5.41, 5.74) is 10.5. The molecule has 0 fully saturated rings. The Morgan fingerprint density at radius 1 is 1.17 bits per heavy atom. The lowest BCUT2D eigenvalue weighted by Crippen LogP contribution is -2.42. The van der Waals surface area contributed by atoms with Crippen LogP contribution in [0.25, 0.3) is 11.4 Å². The van der Waals surface area contributed by atoms with Crippen LogP contribution < -0.4 is 16.8 Å². The Labute approximate surface area is 129 Å². The average Bonchev–Trinajstić information content (AvgIpc) is 2.97. The van der Waals surface area contributed by atoms with Crippen molar-refractivity contribution >= 4 is 5.96 Å². The summed E-state index contributed by atoms with van der Waals surface area (Å²) in [6.45, 7) is 0. The van der Waals surface area contributed by atoms with Crippen LogP contribution in [0.5, 0.6) is 0 Å².